The molecule has 0 unspecified atom stereocenters. The Morgan fingerprint density at radius 1 is 0.273 bits per heavy atom. The monoisotopic (exact) mass is 1550 g/mol. The van der Waals surface area contributed by atoms with Crippen molar-refractivity contribution >= 4 is 100 Å². The van der Waals surface area contributed by atoms with Crippen molar-refractivity contribution in [3.05, 3.63) is 247 Å². The van der Waals surface area contributed by atoms with Crippen LogP contribution in [0.2, 0.25) is 0 Å². The molecule has 4 aliphatic heterocycles. The van der Waals surface area contributed by atoms with Crippen molar-refractivity contribution in [2.75, 3.05) is 0 Å². The van der Waals surface area contributed by atoms with Gasteiger partial charge < -0.3 is 29.1 Å². The van der Waals surface area contributed by atoms with E-state index < -0.39 is 0 Å². The zero-order valence-corrected chi connectivity index (χ0v) is 70.2. The zero-order chi connectivity index (χ0) is 77.6. The van der Waals surface area contributed by atoms with Crippen LogP contribution in [0.25, 0.3) is 88.7 Å². The molecule has 18 heteroatoms. The fourth-order valence-electron chi connectivity index (χ4n) is 15.5. The number of imidazole rings is 2. The van der Waals surface area contributed by atoms with Crippen LogP contribution in [0.1, 0.15) is 252 Å². The normalized spacial score (nSPS) is 12.1. The first-order valence-corrected chi connectivity index (χ1v) is 39.4. The maximum atomic E-state index is 9.76. The zero-order valence-electron chi connectivity index (χ0n) is 68.0. The van der Waals surface area contributed by atoms with Crippen LogP contribution in [0, 0.1) is 9.81 Å². The molecule has 0 amide bonds. The molecule has 8 aromatic heterocycles. The summed E-state index contributed by atoms with van der Waals surface area (Å²) >= 11 is 0. The van der Waals surface area contributed by atoms with E-state index in [1.165, 1.54) is 89.1 Å². The van der Waals surface area contributed by atoms with Crippen molar-refractivity contribution in [1.29, 1.82) is 0 Å². The van der Waals surface area contributed by atoms with Crippen LogP contribution in [0.4, 0.5) is 11.4 Å². The number of benzene rings is 2. The van der Waals surface area contributed by atoms with E-state index >= 15 is 0 Å². The Morgan fingerprint density at radius 3 is 0.600 bits per heavy atom. The summed E-state index contributed by atoms with van der Waals surface area (Å²) in [7, 11) is 3.88. The average Bonchev–Trinajstić information content (AvgIpc) is 1.62. The van der Waals surface area contributed by atoms with Crippen LogP contribution in [0.15, 0.2) is 157 Å². The van der Waals surface area contributed by atoms with Gasteiger partial charge in [0.25, 0.3) is 0 Å². The maximum Gasteiger partial charge on any atom is 2.00 e. The van der Waals surface area contributed by atoms with E-state index in [1.807, 2.05) is 47.8 Å². The van der Waals surface area contributed by atoms with Gasteiger partial charge in [-0.3, -0.25) is 0 Å². The standard InChI is InChI=1S/2C36H44N4.2C6H5NO.2C4H6N2.2Fe/c2*1-9-21-22(10-2)30-18-32-25(13-5)26(14-6)34(39-32)20-36-28(16-8)27(15-7)35(40-36)19-33-24(12-4)23(11-3)31(38-33)17-29(21)37-30;2*8-7-6-4-2-1-3-5-6;2*1-6-3-2-5-4-6;;/h2*17-20H,9-16H2,1-8H3;2*1-5H;2*2-4H,1H3;;/q2*-2;;;;;2*+2. The summed E-state index contributed by atoms with van der Waals surface area (Å²) in [6.07, 6.45) is 26.0. The van der Waals surface area contributed by atoms with Crippen LogP contribution in [-0.2, 0) is 99.6 Å². The minimum Gasteiger partial charge on any atom is -0.657 e. The van der Waals surface area contributed by atoms with E-state index in [2.05, 4.69) is 180 Å². The van der Waals surface area contributed by atoms with Crippen LogP contribution < -0.4 is 19.9 Å². The number of hydrogen-bond donors (Lipinski definition) is 0. The molecular weight excluding hydrogens is 1440 g/mol. The smallest absolute Gasteiger partial charge is 0.657 e. The Bertz CT molecular complexity index is 4670. The third kappa shape index (κ3) is 19.9. The number of nitrogens with zero attached hydrogens (tertiary/aromatic N) is 14. The molecule has 0 spiro atoms. The van der Waals surface area contributed by atoms with Gasteiger partial charge in [-0.25, -0.2) is 29.9 Å². The first kappa shape index (κ1) is 87.5. The maximum absolute atomic E-state index is 9.76. The molecule has 4 aliphatic rings. The first-order chi connectivity index (χ1) is 52.6. The van der Waals surface area contributed by atoms with Crippen molar-refractivity contribution in [2.45, 2.75) is 214 Å². The van der Waals surface area contributed by atoms with E-state index in [-0.39, 0.29) is 34.1 Å². The Morgan fingerprint density at radius 2 is 0.464 bits per heavy atom. The predicted octanol–water partition coefficient (Wildman–Crippen LogP) is 23.6. The van der Waals surface area contributed by atoms with Gasteiger partial charge in [-0.05, 0) is 194 Å². The second-order valence-corrected chi connectivity index (χ2v) is 26.8. The molecule has 16 nitrogen and oxygen atoms in total. The van der Waals surface area contributed by atoms with Crippen molar-refractivity contribution < 1.29 is 34.1 Å². The Hall–Kier alpha value is -9.70. The van der Waals surface area contributed by atoms with E-state index in [0.29, 0.717) is 11.4 Å². The van der Waals surface area contributed by atoms with Gasteiger partial charge >= 0.3 is 34.1 Å². The summed E-state index contributed by atoms with van der Waals surface area (Å²) in [5, 5.41) is 5.44. The Balaban J connectivity index is 0.000000222. The number of fused-ring (bicyclic) bond motifs is 16. The van der Waals surface area contributed by atoms with Gasteiger partial charge in [0, 0.05) is 38.9 Å². The number of rotatable bonds is 18. The van der Waals surface area contributed by atoms with Gasteiger partial charge in [0.15, 0.2) is 0 Å². The topological polar surface area (TPSA) is 202 Å². The third-order valence-electron chi connectivity index (χ3n) is 20.6. The Labute approximate surface area is 673 Å². The van der Waals surface area contributed by atoms with E-state index in [1.54, 1.807) is 73.6 Å². The second-order valence-electron chi connectivity index (χ2n) is 26.8. The molecule has 0 radical (unpaired) electrons. The van der Waals surface area contributed by atoms with Gasteiger partial charge in [0.1, 0.15) is 11.4 Å². The molecule has 0 saturated carbocycles. The van der Waals surface area contributed by atoms with Crippen molar-refractivity contribution in [3.8, 4) is 0 Å². The molecule has 576 valence electrons. The van der Waals surface area contributed by atoms with Crippen LogP contribution in [0.5, 0.6) is 0 Å². The summed E-state index contributed by atoms with van der Waals surface area (Å²) in [6.45, 7) is 35.9. The summed E-state index contributed by atoms with van der Waals surface area (Å²) in [6, 6.07) is 35.4. The largest absolute Gasteiger partial charge is 2.00 e. The molecule has 0 atom stereocenters. The number of aromatic nitrogens is 12. The van der Waals surface area contributed by atoms with E-state index in [4.69, 9.17) is 39.9 Å². The molecule has 0 fully saturated rings. The molecule has 12 heterocycles. The van der Waals surface area contributed by atoms with Crippen LogP contribution in [0.3, 0.4) is 0 Å². The molecule has 0 N–H and O–H groups in total. The molecule has 0 saturated heterocycles. The van der Waals surface area contributed by atoms with Crippen molar-refractivity contribution in [1.82, 2.24) is 59.0 Å². The summed E-state index contributed by atoms with van der Waals surface area (Å²) in [4.78, 5) is 69.1. The Kier molecular flexibility index (Phi) is 33.8. The molecule has 14 rings (SSSR count). The third-order valence-corrected chi connectivity index (χ3v) is 20.6. The van der Waals surface area contributed by atoms with Gasteiger partial charge in [0.05, 0.1) is 58.2 Å². The quantitative estimate of drug-likeness (QED) is 0.0582. The molecule has 110 heavy (non-hydrogen) atoms. The number of aryl methyl sites for hydroxylation is 10. The van der Waals surface area contributed by atoms with Gasteiger partial charge in [-0.1, -0.05) is 228 Å². The fraction of sp³-hybridized carbons (Fsp3) is 0.370. The van der Waals surface area contributed by atoms with Crippen LogP contribution >= 0.6 is 0 Å². The number of hydrogen-bond acceptors (Lipinski definition) is 10. The average molecular weight is 1560 g/mol. The molecule has 16 bridgehead atoms. The van der Waals surface area contributed by atoms with Gasteiger partial charge in [0.2, 0.25) is 0 Å². The summed E-state index contributed by atoms with van der Waals surface area (Å²) in [5.74, 6) is 0. The SMILES string of the molecule is CCC1=C(CC)c2cc3[n-]c(cc4[n-]c(cc5nc(cc1n2)C(CC)=C5CC)c(CC)c4CC)c(CC)c3CC.CCC1=C(CC)c2cc3[n-]c(cc4[n-]c(cc5nc(cc1n2)C(CC)=C5CC)c(CC)c4CC)c(CC)c3CC.Cn1ccnc1.Cn1ccnc1.O=Nc1ccccc1.O=Nc1ccccc1.[Fe+2].[Fe+2]. The summed E-state index contributed by atoms with van der Waals surface area (Å²) in [5.41, 5.74) is 39.2. The van der Waals surface area contributed by atoms with Crippen molar-refractivity contribution in [3.63, 3.8) is 0 Å². The van der Waals surface area contributed by atoms with E-state index in [0.717, 1.165) is 192 Å². The van der Waals surface area contributed by atoms with Gasteiger partial charge in [-0.15, -0.1) is 53.9 Å². The van der Waals surface area contributed by atoms with Gasteiger partial charge in [-0.2, -0.15) is 0 Å². The first-order valence-electron chi connectivity index (χ1n) is 39.4. The molecule has 10 aromatic rings. The minimum absolute atomic E-state index is 0. The van der Waals surface area contributed by atoms with Crippen molar-refractivity contribution in [2.24, 2.45) is 24.4 Å². The minimum atomic E-state index is 0. The second kappa shape index (κ2) is 42.5. The molecule has 2 aromatic carbocycles. The predicted molar refractivity (Wildman–Crippen MR) is 453 cm³/mol. The number of nitroso groups, excluding NO2 is 2. The number of allylic oxidation sites excluding steroid dienone is 8. The van der Waals surface area contributed by atoms with Crippen LogP contribution in [-0.4, -0.2) is 39.0 Å². The fourth-order valence-corrected chi connectivity index (χ4v) is 15.5. The van der Waals surface area contributed by atoms with E-state index in [9.17, 15) is 9.81 Å². The molecule has 0 aliphatic carbocycles. The summed E-state index contributed by atoms with van der Waals surface area (Å²) < 4.78 is 3.78. The molecular formula is C92H110Fe2N14O2.